The van der Waals surface area contributed by atoms with E-state index in [1.807, 2.05) is 30.3 Å². The molecule has 1 unspecified atom stereocenters. The van der Waals surface area contributed by atoms with Crippen LogP contribution in [0.1, 0.15) is 40.5 Å². The second-order valence-corrected chi connectivity index (χ2v) is 7.16. The molecule has 0 aliphatic carbocycles. The molecule has 4 rings (SSSR count). The summed E-state index contributed by atoms with van der Waals surface area (Å²) < 4.78 is 13.7. The fourth-order valence-electron chi connectivity index (χ4n) is 3.85. The van der Waals surface area contributed by atoms with Crippen LogP contribution in [0, 0.1) is 12.7 Å². The first kappa shape index (κ1) is 18.2. The van der Waals surface area contributed by atoms with Gasteiger partial charge in [0, 0.05) is 29.7 Å². The summed E-state index contributed by atoms with van der Waals surface area (Å²) in [7, 11) is 0. The highest BCUT2D eigenvalue weighted by Gasteiger charge is 2.30. The molecule has 28 heavy (non-hydrogen) atoms. The topological polar surface area (TPSA) is 65.2 Å². The molecule has 1 aliphatic heterocycles. The summed E-state index contributed by atoms with van der Waals surface area (Å²) in [4.78, 5) is 31.1. The lowest BCUT2D eigenvalue weighted by Gasteiger charge is -2.24. The highest BCUT2D eigenvalue weighted by atomic mass is 19.1. The first-order valence-electron chi connectivity index (χ1n) is 9.47. The molecule has 1 saturated heterocycles. The highest BCUT2D eigenvalue weighted by molar-refractivity contribution is 6.09. The van der Waals surface area contributed by atoms with Gasteiger partial charge in [-0.2, -0.15) is 0 Å². The summed E-state index contributed by atoms with van der Waals surface area (Å²) in [6.45, 7) is 3.18. The van der Waals surface area contributed by atoms with Crippen LogP contribution in [0.2, 0.25) is 0 Å². The molecule has 0 spiro atoms. The first-order valence-corrected chi connectivity index (χ1v) is 9.47. The van der Waals surface area contributed by atoms with Gasteiger partial charge in [0.15, 0.2) is 0 Å². The Morgan fingerprint density at radius 2 is 1.82 bits per heavy atom. The number of hydrogen-bond donors (Lipinski definition) is 2. The number of fused-ring (bicyclic) bond motifs is 1. The van der Waals surface area contributed by atoms with Gasteiger partial charge in [-0.3, -0.25) is 9.59 Å². The van der Waals surface area contributed by atoms with E-state index < -0.39 is 17.8 Å². The summed E-state index contributed by atoms with van der Waals surface area (Å²) in [5.41, 5.74) is 2.42. The van der Waals surface area contributed by atoms with Crippen LogP contribution < -0.4 is 5.32 Å². The Hall–Kier alpha value is -3.15. The third kappa shape index (κ3) is 3.38. The second kappa shape index (κ2) is 7.46. The number of halogens is 1. The van der Waals surface area contributed by atoms with Gasteiger partial charge in [0.05, 0.1) is 5.56 Å². The Morgan fingerprint density at radius 3 is 2.54 bits per heavy atom. The van der Waals surface area contributed by atoms with Gasteiger partial charge in [-0.15, -0.1) is 0 Å². The standard InChI is InChI=1S/C22H22FN3O2/c1-14-19(17-13-16(23)9-10-18(17)24-14)21(27)25-20(15-7-3-2-4-8-15)22(28)26-11-5-6-12-26/h2-4,7-10,13,20,24H,5-6,11-12H2,1H3,(H,25,27). The minimum atomic E-state index is -0.773. The molecule has 1 fully saturated rings. The average molecular weight is 379 g/mol. The minimum Gasteiger partial charge on any atom is -0.358 e. The molecule has 2 N–H and O–H groups in total. The lowest BCUT2D eigenvalue weighted by molar-refractivity contribution is -0.132. The lowest BCUT2D eigenvalue weighted by Crippen LogP contribution is -2.41. The van der Waals surface area contributed by atoms with Crippen molar-refractivity contribution in [3.05, 3.63) is 71.2 Å². The van der Waals surface area contributed by atoms with Crippen LogP contribution in [0.4, 0.5) is 4.39 Å². The van der Waals surface area contributed by atoms with Crippen molar-refractivity contribution in [1.82, 2.24) is 15.2 Å². The van der Waals surface area contributed by atoms with Crippen molar-refractivity contribution < 1.29 is 14.0 Å². The number of nitrogens with one attached hydrogen (secondary N) is 2. The van der Waals surface area contributed by atoms with E-state index in [2.05, 4.69) is 10.3 Å². The quantitative estimate of drug-likeness (QED) is 0.726. The van der Waals surface area contributed by atoms with E-state index >= 15 is 0 Å². The zero-order valence-corrected chi connectivity index (χ0v) is 15.7. The second-order valence-electron chi connectivity index (χ2n) is 7.16. The number of likely N-dealkylation sites (tertiary alicyclic amines) is 1. The van der Waals surface area contributed by atoms with Crippen LogP contribution in [0.15, 0.2) is 48.5 Å². The molecule has 2 aromatic carbocycles. The monoisotopic (exact) mass is 379 g/mol. The number of aryl methyl sites for hydroxylation is 1. The Bertz CT molecular complexity index is 1020. The van der Waals surface area contributed by atoms with Crippen LogP contribution in [0.3, 0.4) is 0 Å². The fourth-order valence-corrected chi connectivity index (χ4v) is 3.85. The number of benzene rings is 2. The molecule has 1 atom stereocenters. The molecular formula is C22H22FN3O2. The summed E-state index contributed by atoms with van der Waals surface area (Å²) in [6.07, 6.45) is 1.95. The van der Waals surface area contributed by atoms with E-state index in [1.165, 1.54) is 12.1 Å². The predicted octanol–water partition coefficient (Wildman–Crippen LogP) is 3.71. The van der Waals surface area contributed by atoms with Crippen molar-refractivity contribution in [3.63, 3.8) is 0 Å². The van der Waals surface area contributed by atoms with Crippen molar-refractivity contribution in [2.45, 2.75) is 25.8 Å². The molecule has 0 radical (unpaired) electrons. The number of hydrogen-bond acceptors (Lipinski definition) is 2. The van der Waals surface area contributed by atoms with Gasteiger partial charge in [0.2, 0.25) is 5.91 Å². The third-order valence-corrected chi connectivity index (χ3v) is 5.25. The summed E-state index contributed by atoms with van der Waals surface area (Å²) in [5.74, 6) is -0.912. The Balaban J connectivity index is 1.69. The van der Waals surface area contributed by atoms with Crippen molar-refractivity contribution in [3.8, 4) is 0 Å². The molecular weight excluding hydrogens is 357 g/mol. The molecule has 1 aromatic heterocycles. The molecule has 2 amide bonds. The van der Waals surface area contributed by atoms with Gasteiger partial charge < -0.3 is 15.2 Å². The number of rotatable bonds is 4. The predicted molar refractivity (Wildman–Crippen MR) is 105 cm³/mol. The Morgan fingerprint density at radius 1 is 1.11 bits per heavy atom. The van der Waals surface area contributed by atoms with E-state index in [0.29, 0.717) is 35.2 Å². The smallest absolute Gasteiger partial charge is 0.254 e. The summed E-state index contributed by atoms with van der Waals surface area (Å²) in [6, 6.07) is 12.8. The normalized spacial score (nSPS) is 15.0. The minimum absolute atomic E-state index is 0.110. The van der Waals surface area contributed by atoms with Crippen molar-refractivity contribution in [1.29, 1.82) is 0 Å². The van der Waals surface area contributed by atoms with E-state index in [9.17, 15) is 14.0 Å². The number of carbonyl (C=O) groups excluding carboxylic acids is 2. The van der Waals surface area contributed by atoms with Gasteiger partial charge >= 0.3 is 0 Å². The maximum atomic E-state index is 13.7. The molecule has 3 aromatic rings. The van der Waals surface area contributed by atoms with E-state index in [-0.39, 0.29) is 5.91 Å². The van der Waals surface area contributed by atoms with Crippen molar-refractivity contribution >= 4 is 22.7 Å². The van der Waals surface area contributed by atoms with Gasteiger partial charge in [-0.25, -0.2) is 4.39 Å². The van der Waals surface area contributed by atoms with Gasteiger partial charge in [0.1, 0.15) is 11.9 Å². The van der Waals surface area contributed by atoms with Crippen LogP contribution in [-0.4, -0.2) is 34.8 Å². The lowest BCUT2D eigenvalue weighted by atomic mass is 10.0. The molecule has 0 saturated carbocycles. The highest BCUT2D eigenvalue weighted by Crippen LogP contribution is 2.25. The number of H-pyrrole nitrogens is 1. The molecule has 2 heterocycles. The fraction of sp³-hybridized carbons (Fsp3) is 0.273. The SMILES string of the molecule is Cc1[nH]c2ccc(F)cc2c1C(=O)NC(C(=O)N1CCCC1)c1ccccc1. The number of nitrogens with zero attached hydrogens (tertiary/aromatic N) is 1. The molecule has 5 nitrogen and oxygen atoms in total. The van der Waals surface area contributed by atoms with Crippen molar-refractivity contribution in [2.75, 3.05) is 13.1 Å². The number of carbonyl (C=O) groups is 2. The third-order valence-electron chi connectivity index (χ3n) is 5.25. The van der Waals surface area contributed by atoms with Gasteiger partial charge in [0.25, 0.3) is 5.91 Å². The number of aromatic amines is 1. The molecule has 6 heteroatoms. The first-order chi connectivity index (χ1) is 13.5. The Labute approximate surface area is 162 Å². The molecule has 144 valence electrons. The maximum absolute atomic E-state index is 13.7. The van der Waals surface area contributed by atoms with Crippen LogP contribution in [0.25, 0.3) is 10.9 Å². The van der Waals surface area contributed by atoms with E-state index in [4.69, 9.17) is 0 Å². The Kier molecular flexibility index (Phi) is 4.86. The van der Waals surface area contributed by atoms with E-state index in [1.54, 1.807) is 17.9 Å². The summed E-state index contributed by atoms with van der Waals surface area (Å²) in [5, 5.41) is 3.40. The van der Waals surface area contributed by atoms with Crippen LogP contribution in [-0.2, 0) is 4.79 Å². The number of amides is 2. The van der Waals surface area contributed by atoms with E-state index in [0.717, 1.165) is 18.4 Å². The van der Waals surface area contributed by atoms with Crippen LogP contribution >= 0.6 is 0 Å². The van der Waals surface area contributed by atoms with Crippen molar-refractivity contribution in [2.24, 2.45) is 0 Å². The molecule has 1 aliphatic rings. The van der Waals surface area contributed by atoms with Gasteiger partial charge in [-0.1, -0.05) is 30.3 Å². The zero-order valence-electron chi connectivity index (χ0n) is 15.7. The van der Waals surface area contributed by atoms with Crippen LogP contribution in [0.5, 0.6) is 0 Å². The maximum Gasteiger partial charge on any atom is 0.254 e. The zero-order chi connectivity index (χ0) is 19.7. The van der Waals surface area contributed by atoms with Gasteiger partial charge in [-0.05, 0) is 43.5 Å². The average Bonchev–Trinajstić information content (AvgIpc) is 3.33. The summed E-state index contributed by atoms with van der Waals surface area (Å²) >= 11 is 0. The number of aromatic nitrogens is 1. The largest absolute Gasteiger partial charge is 0.358 e. The molecule has 0 bridgehead atoms.